The molecular formula is C43H38O5. The van der Waals surface area contributed by atoms with E-state index >= 15 is 0 Å². The van der Waals surface area contributed by atoms with E-state index in [0.29, 0.717) is 34.8 Å². The lowest BCUT2D eigenvalue weighted by atomic mass is 10.0. The van der Waals surface area contributed by atoms with E-state index in [-0.39, 0.29) is 17.3 Å². The SMILES string of the molecule is CC(=O)c1ccccc1C.Cc1ccccc1C(=O)/C=C/c1cccc(/C=C/C(=O)c2ccccc2C)c1.O=Cc1cccc(C=O)c1. The normalized spacial score (nSPS) is 10.3. The minimum absolute atomic E-state index is 0.0197. The van der Waals surface area contributed by atoms with Gasteiger partial charge < -0.3 is 0 Å². The van der Waals surface area contributed by atoms with Gasteiger partial charge in [0, 0.05) is 27.8 Å². The molecule has 5 rings (SSSR count). The third-order valence-electron chi connectivity index (χ3n) is 7.29. The Morgan fingerprint density at radius 3 is 1.10 bits per heavy atom. The molecule has 5 aromatic rings. The number of ketones is 3. The molecule has 0 aromatic heterocycles. The van der Waals surface area contributed by atoms with Crippen LogP contribution in [0.25, 0.3) is 12.2 Å². The van der Waals surface area contributed by atoms with E-state index in [9.17, 15) is 24.0 Å². The molecule has 0 unspecified atom stereocenters. The van der Waals surface area contributed by atoms with E-state index in [0.717, 1.165) is 33.4 Å². The molecule has 0 radical (unpaired) electrons. The Labute approximate surface area is 282 Å². The summed E-state index contributed by atoms with van der Waals surface area (Å²) in [5, 5.41) is 0. The number of hydrogen-bond donors (Lipinski definition) is 0. The smallest absolute Gasteiger partial charge is 0.186 e. The lowest BCUT2D eigenvalue weighted by molar-refractivity contribution is 0.101. The molecule has 240 valence electrons. The first-order chi connectivity index (χ1) is 23.1. The lowest BCUT2D eigenvalue weighted by Gasteiger charge is -2.01. The Morgan fingerprint density at radius 2 is 0.771 bits per heavy atom. The number of rotatable bonds is 9. The van der Waals surface area contributed by atoms with Gasteiger partial charge in [-0.1, -0.05) is 121 Å². The van der Waals surface area contributed by atoms with Crippen molar-refractivity contribution in [2.75, 3.05) is 0 Å². The van der Waals surface area contributed by atoms with Crippen LogP contribution in [-0.4, -0.2) is 29.9 Å². The Kier molecular flexibility index (Phi) is 14.2. The number of aldehydes is 2. The van der Waals surface area contributed by atoms with E-state index in [1.165, 1.54) is 0 Å². The van der Waals surface area contributed by atoms with Gasteiger partial charge in [0.05, 0.1) is 0 Å². The predicted octanol–water partition coefficient (Wildman–Crippen LogP) is 9.60. The van der Waals surface area contributed by atoms with Crippen LogP contribution >= 0.6 is 0 Å². The van der Waals surface area contributed by atoms with Gasteiger partial charge in [0.2, 0.25) is 0 Å². The molecule has 0 amide bonds. The van der Waals surface area contributed by atoms with E-state index in [2.05, 4.69) is 0 Å². The van der Waals surface area contributed by atoms with Crippen LogP contribution in [0.3, 0.4) is 0 Å². The first kappa shape index (κ1) is 36.4. The summed E-state index contributed by atoms with van der Waals surface area (Å²) in [6.45, 7) is 7.38. The maximum absolute atomic E-state index is 12.4. The molecular weight excluding hydrogens is 596 g/mol. The van der Waals surface area contributed by atoms with Crippen LogP contribution in [0.15, 0.2) is 133 Å². The molecule has 48 heavy (non-hydrogen) atoms. The zero-order valence-corrected chi connectivity index (χ0v) is 27.6. The van der Waals surface area contributed by atoms with Gasteiger partial charge in [-0.25, -0.2) is 0 Å². The van der Waals surface area contributed by atoms with Crippen molar-refractivity contribution in [3.8, 4) is 0 Å². The van der Waals surface area contributed by atoms with Gasteiger partial charge in [-0.15, -0.1) is 0 Å². The number of hydrogen-bond acceptors (Lipinski definition) is 5. The van der Waals surface area contributed by atoms with E-state index in [1.807, 2.05) is 118 Å². The van der Waals surface area contributed by atoms with E-state index in [1.54, 1.807) is 55.5 Å². The molecule has 0 N–H and O–H groups in total. The summed E-state index contributed by atoms with van der Waals surface area (Å²) < 4.78 is 0. The quantitative estimate of drug-likeness (QED) is 0.0916. The monoisotopic (exact) mass is 634 g/mol. The summed E-state index contributed by atoms with van der Waals surface area (Å²) in [6.07, 6.45) is 8.21. The summed E-state index contributed by atoms with van der Waals surface area (Å²) in [6, 6.07) is 36.9. The van der Waals surface area contributed by atoms with Crippen LogP contribution in [-0.2, 0) is 0 Å². The highest BCUT2D eigenvalue weighted by molar-refractivity contribution is 6.08. The largest absolute Gasteiger partial charge is 0.298 e. The highest BCUT2D eigenvalue weighted by Gasteiger charge is 2.06. The van der Waals surface area contributed by atoms with Crippen LogP contribution in [0, 0.1) is 20.8 Å². The summed E-state index contributed by atoms with van der Waals surface area (Å²) in [7, 11) is 0. The first-order valence-corrected chi connectivity index (χ1v) is 15.4. The van der Waals surface area contributed by atoms with Crippen molar-refractivity contribution in [2.45, 2.75) is 27.7 Å². The maximum Gasteiger partial charge on any atom is 0.186 e. The van der Waals surface area contributed by atoms with Gasteiger partial charge in [-0.05, 0) is 79.8 Å². The standard InChI is InChI=1S/C26H22O2.C9H10O.C8H6O2/c1-19-8-3-5-12-23(19)25(27)16-14-21-10-7-11-22(18-21)15-17-26(28)24-13-6-4-9-20(24)2;1-7-5-3-4-6-9(7)8(2)10;9-5-7-2-1-3-8(4-7)6-10/h3-18H,1-2H3;3-6H,1-2H3;1-6H/b16-14+,17-15+;;. The number of aryl methyl sites for hydroxylation is 3. The second-order valence-electron chi connectivity index (χ2n) is 11.0. The van der Waals surface area contributed by atoms with Crippen molar-refractivity contribution in [3.05, 3.63) is 189 Å². The van der Waals surface area contributed by atoms with Gasteiger partial charge in [-0.3, -0.25) is 24.0 Å². The zero-order valence-electron chi connectivity index (χ0n) is 27.6. The fourth-order valence-electron chi connectivity index (χ4n) is 4.66. The maximum atomic E-state index is 12.4. The molecule has 5 aromatic carbocycles. The van der Waals surface area contributed by atoms with Crippen molar-refractivity contribution in [1.82, 2.24) is 0 Å². The molecule has 0 saturated heterocycles. The highest BCUT2D eigenvalue weighted by Crippen LogP contribution is 2.14. The van der Waals surface area contributed by atoms with E-state index in [4.69, 9.17) is 0 Å². The predicted molar refractivity (Wildman–Crippen MR) is 194 cm³/mol. The molecule has 0 heterocycles. The third-order valence-corrected chi connectivity index (χ3v) is 7.29. The van der Waals surface area contributed by atoms with Crippen molar-refractivity contribution < 1.29 is 24.0 Å². The number of carbonyl (C=O) groups excluding carboxylic acids is 5. The Bertz CT molecular complexity index is 1860. The van der Waals surface area contributed by atoms with Gasteiger partial charge in [0.15, 0.2) is 17.3 Å². The van der Waals surface area contributed by atoms with Crippen molar-refractivity contribution in [2.24, 2.45) is 0 Å². The van der Waals surface area contributed by atoms with Crippen molar-refractivity contribution >= 4 is 42.1 Å². The molecule has 0 aliphatic carbocycles. The molecule has 0 aliphatic heterocycles. The van der Waals surface area contributed by atoms with Crippen LogP contribution in [0.5, 0.6) is 0 Å². The molecule has 0 spiro atoms. The molecule has 0 atom stereocenters. The zero-order chi connectivity index (χ0) is 34.9. The Hall–Kier alpha value is -6.07. The topological polar surface area (TPSA) is 85.3 Å². The fourth-order valence-corrected chi connectivity index (χ4v) is 4.66. The first-order valence-electron chi connectivity index (χ1n) is 15.4. The lowest BCUT2D eigenvalue weighted by Crippen LogP contribution is -1.97. The van der Waals surface area contributed by atoms with Crippen molar-refractivity contribution in [3.63, 3.8) is 0 Å². The van der Waals surface area contributed by atoms with Gasteiger partial charge in [0.1, 0.15) is 12.6 Å². The second-order valence-corrected chi connectivity index (χ2v) is 11.0. The number of carbonyl (C=O) groups is 5. The summed E-state index contributed by atoms with van der Waals surface area (Å²) in [5.41, 5.74) is 8.09. The highest BCUT2D eigenvalue weighted by atomic mass is 16.1. The molecule has 0 bridgehead atoms. The second kappa shape index (κ2) is 18.8. The Morgan fingerprint density at radius 1 is 0.438 bits per heavy atom. The van der Waals surface area contributed by atoms with Crippen LogP contribution < -0.4 is 0 Å². The molecule has 0 saturated carbocycles. The van der Waals surface area contributed by atoms with Gasteiger partial charge in [-0.2, -0.15) is 0 Å². The van der Waals surface area contributed by atoms with E-state index < -0.39 is 0 Å². The molecule has 5 heteroatoms. The minimum atomic E-state index is -0.0197. The molecule has 5 nitrogen and oxygen atoms in total. The minimum Gasteiger partial charge on any atom is -0.298 e. The third kappa shape index (κ3) is 11.4. The fraction of sp³-hybridized carbons (Fsp3) is 0.0930. The summed E-state index contributed by atoms with van der Waals surface area (Å²) >= 11 is 0. The average molecular weight is 635 g/mol. The molecule has 0 aliphatic rings. The summed E-state index contributed by atoms with van der Waals surface area (Å²) in [5.74, 6) is 0.0978. The van der Waals surface area contributed by atoms with Crippen LogP contribution in [0.1, 0.15) is 86.5 Å². The number of allylic oxidation sites excluding steroid dienone is 2. The Balaban J connectivity index is 0.000000253. The number of benzene rings is 5. The van der Waals surface area contributed by atoms with Crippen molar-refractivity contribution in [1.29, 1.82) is 0 Å². The van der Waals surface area contributed by atoms with Gasteiger partial charge in [0.25, 0.3) is 0 Å². The average Bonchev–Trinajstić information content (AvgIpc) is 3.11. The summed E-state index contributed by atoms with van der Waals surface area (Å²) in [4.78, 5) is 55.9. The van der Waals surface area contributed by atoms with Crippen LogP contribution in [0.4, 0.5) is 0 Å². The van der Waals surface area contributed by atoms with Crippen LogP contribution in [0.2, 0.25) is 0 Å². The van der Waals surface area contributed by atoms with Gasteiger partial charge >= 0.3 is 0 Å². The number of Topliss-reactive ketones (excluding diaryl/α,β-unsaturated/α-hetero) is 1. The molecule has 0 fully saturated rings.